The number of rotatable bonds is 17. The van der Waals surface area contributed by atoms with Gasteiger partial charge in [0.25, 0.3) is 0 Å². The van der Waals surface area contributed by atoms with E-state index in [9.17, 15) is 5.11 Å². The molecule has 8 nitrogen and oxygen atoms in total. The molecule has 12 aromatic carbocycles. The topological polar surface area (TPSA) is 90.9 Å². The molecular formula is C121H120N6O2. The number of ether oxygens (including phenoxy) is 1. The Morgan fingerprint density at radius 3 is 0.884 bits per heavy atom. The Morgan fingerprint density at radius 2 is 0.550 bits per heavy atom. The molecule has 0 aliphatic carbocycles. The van der Waals surface area contributed by atoms with E-state index in [0.29, 0.717) is 5.56 Å². The van der Waals surface area contributed by atoms with Gasteiger partial charge < -0.3 is 19.0 Å². The van der Waals surface area contributed by atoms with Crippen LogP contribution in [0.3, 0.4) is 0 Å². The third-order valence-electron chi connectivity index (χ3n) is 25.7. The number of hydrogen-bond acceptors (Lipinski definition) is 6. The van der Waals surface area contributed by atoms with Crippen LogP contribution in [0.15, 0.2) is 316 Å². The summed E-state index contributed by atoms with van der Waals surface area (Å²) in [5.41, 5.74) is 37.9. The second-order valence-electron chi connectivity index (χ2n) is 40.4. The zero-order chi connectivity index (χ0) is 90.9. The van der Waals surface area contributed by atoms with Gasteiger partial charge in [-0.3, -0.25) is 9.97 Å². The number of aromatic hydroxyl groups is 1. The van der Waals surface area contributed by atoms with E-state index in [1.54, 1.807) is 13.2 Å². The molecule has 1 N–H and O–H groups in total. The molecule has 0 unspecified atom stereocenters. The molecule has 0 aliphatic heterocycles. The highest BCUT2D eigenvalue weighted by atomic mass is 16.5. The molecule has 129 heavy (non-hydrogen) atoms. The molecule has 0 saturated heterocycles. The minimum atomic E-state index is -0.0392. The summed E-state index contributed by atoms with van der Waals surface area (Å²) in [4.78, 5) is 20.6. The molecule has 0 spiro atoms. The van der Waals surface area contributed by atoms with Gasteiger partial charge in [-0.15, -0.1) is 0 Å². The first kappa shape index (κ1) is 87.5. The molecule has 0 fully saturated rings. The van der Waals surface area contributed by atoms with E-state index in [2.05, 4.69) is 415 Å². The van der Waals surface area contributed by atoms with Crippen molar-refractivity contribution in [3.8, 4) is 135 Å². The number of fused-ring (bicyclic) bond motifs is 6. The van der Waals surface area contributed by atoms with Crippen LogP contribution in [0.2, 0.25) is 0 Å². The van der Waals surface area contributed by atoms with E-state index >= 15 is 0 Å². The summed E-state index contributed by atoms with van der Waals surface area (Å²) in [5.74, 6) is 2.13. The summed E-state index contributed by atoms with van der Waals surface area (Å²) in [7, 11) is 1.73. The van der Waals surface area contributed by atoms with Gasteiger partial charge in [0.15, 0.2) is 0 Å². The Bertz CT molecular complexity index is 7070. The van der Waals surface area contributed by atoms with E-state index in [0.717, 1.165) is 90.0 Å². The minimum absolute atomic E-state index is 0.0204. The third-order valence-corrected chi connectivity index (χ3v) is 25.7. The van der Waals surface area contributed by atoms with Gasteiger partial charge in [-0.05, 0) is 268 Å². The van der Waals surface area contributed by atoms with E-state index in [1.807, 2.05) is 42.7 Å². The zero-order valence-corrected chi connectivity index (χ0v) is 78.9. The van der Waals surface area contributed by atoms with Gasteiger partial charge in [0.2, 0.25) is 0 Å². The molecule has 0 bridgehead atoms. The lowest BCUT2D eigenvalue weighted by Gasteiger charge is -2.26. The number of para-hydroxylation sites is 6. The van der Waals surface area contributed by atoms with E-state index < -0.39 is 0 Å². The number of benzene rings is 12. The molecule has 0 radical (unpaired) electrons. The summed E-state index contributed by atoms with van der Waals surface area (Å²) >= 11 is 0. The van der Waals surface area contributed by atoms with E-state index in [-0.39, 0.29) is 51.1 Å². The predicted octanol–water partition coefficient (Wildman–Crippen LogP) is 33.2. The van der Waals surface area contributed by atoms with Crippen molar-refractivity contribution in [3.05, 3.63) is 360 Å². The van der Waals surface area contributed by atoms with Crippen molar-refractivity contribution >= 4 is 43.6 Å². The Labute approximate surface area is 763 Å². The number of aromatic nitrogens is 6. The van der Waals surface area contributed by atoms with Gasteiger partial charge in [-0.1, -0.05) is 308 Å². The van der Waals surface area contributed by atoms with Crippen molar-refractivity contribution < 1.29 is 9.84 Å². The first-order valence-corrected chi connectivity index (χ1v) is 45.9. The monoisotopic (exact) mass is 1690 g/mol. The molecule has 0 amide bonds. The van der Waals surface area contributed by atoms with Crippen LogP contribution < -0.4 is 4.74 Å². The minimum Gasteiger partial charge on any atom is -0.507 e. The summed E-state index contributed by atoms with van der Waals surface area (Å²) in [5, 5.41) is 16.2. The van der Waals surface area contributed by atoms with Gasteiger partial charge >= 0.3 is 0 Å². The van der Waals surface area contributed by atoms with Crippen molar-refractivity contribution in [3.63, 3.8) is 0 Å². The molecule has 18 aromatic rings. The van der Waals surface area contributed by atoms with Crippen molar-refractivity contribution in [1.29, 1.82) is 0 Å². The summed E-state index contributed by atoms with van der Waals surface area (Å²) in [6, 6.07) is 109. The number of nitrogens with zero attached hydrogens (tertiary/aromatic N) is 6. The Balaban J connectivity index is 0.000000181. The number of phenolic OH excluding ortho intramolecular Hbond substituents is 1. The molecule has 646 valence electrons. The highest BCUT2D eigenvalue weighted by molar-refractivity contribution is 6.10. The second kappa shape index (κ2) is 34.9. The van der Waals surface area contributed by atoms with Crippen molar-refractivity contribution in [2.75, 3.05) is 7.11 Å². The van der Waals surface area contributed by atoms with Gasteiger partial charge in [-0.25, -0.2) is 9.97 Å². The van der Waals surface area contributed by atoms with Gasteiger partial charge in [0.1, 0.15) is 11.5 Å². The summed E-state index contributed by atoms with van der Waals surface area (Å²) in [6.45, 7) is 45.9. The zero-order valence-electron chi connectivity index (χ0n) is 78.9. The fourth-order valence-electron chi connectivity index (χ4n) is 18.5. The van der Waals surface area contributed by atoms with Crippen molar-refractivity contribution in [2.24, 2.45) is 0 Å². The fraction of sp³-hybridized carbons (Fsp3) is 0.240. The molecular weight excluding hydrogens is 1570 g/mol. The smallest absolute Gasteiger partial charge is 0.128 e. The maximum absolute atomic E-state index is 11.1. The van der Waals surface area contributed by atoms with Crippen LogP contribution in [0.5, 0.6) is 11.5 Å². The molecule has 0 saturated carbocycles. The second-order valence-corrected chi connectivity index (χ2v) is 40.4. The van der Waals surface area contributed by atoms with Gasteiger partial charge in [-0.2, -0.15) is 0 Å². The van der Waals surface area contributed by atoms with Crippen LogP contribution >= 0.6 is 0 Å². The quantitative estimate of drug-likeness (QED) is 0.0977. The summed E-state index contributed by atoms with van der Waals surface area (Å²) in [6.07, 6.45) is 3.93. The van der Waals surface area contributed by atoms with Crippen LogP contribution in [0.1, 0.15) is 207 Å². The molecule has 8 heteroatoms. The maximum Gasteiger partial charge on any atom is 0.128 e. The van der Waals surface area contributed by atoms with Gasteiger partial charge in [0.05, 0.1) is 63.3 Å². The first-order valence-electron chi connectivity index (χ1n) is 45.9. The molecule has 0 aliphatic rings. The van der Waals surface area contributed by atoms with Crippen molar-refractivity contribution in [2.45, 2.75) is 184 Å². The molecule has 6 heterocycles. The highest BCUT2D eigenvalue weighted by Gasteiger charge is 2.29. The number of methoxy groups -OCH3 is 1. The number of pyridine rings is 4. The fourth-order valence-corrected chi connectivity index (χ4v) is 18.5. The van der Waals surface area contributed by atoms with Crippen molar-refractivity contribution in [1.82, 2.24) is 29.1 Å². The SMILES string of the molecule is CC(C)c1cc(-n2c3ccccc3c3ccccc32)cc(C(C)C)c1-c1ccnc(-c2cccc(-c3cc(-c4cc(C(C)(C)C)cc(C(C)(C)C)c4)cc(-c4ccccc4O)n3)c2)c1.COc1ccccc1-c1cc(-c2cc(C(C)(C)C)cc(C(C)(C)C)c2)cc(-c2cccc(-c3cc(-c4c(C(C)C)cc(-n5c6ccccc6c6ccccc65)cc4C(C)C)ccn3)c2)n1. The lowest BCUT2D eigenvalue weighted by Crippen LogP contribution is -2.16. The standard InChI is InChI=1S/C61H61N3O.C60H59N3O/c1-38(2)51-36-47(64-56-24-15-12-21-48(56)49-22-13-16-25-57(49)64)37-52(39(3)4)59(51)42-27-28-62-53(32-42)40-19-18-20-41(29-40)54-33-44(34-55(63-54)50-23-14-17-26-58(50)65-11)43-30-45(60(5,6)7)35-46(31-43)61(8,9)10;1-37(2)50-35-46(63-55-23-14-11-20-47(55)48-21-12-15-24-56(48)63)36-51(38(3)4)58(50)41-26-27-61-52(31-41)39-18-17-19-40(28-39)53-32-43(33-54(62-53)49-22-13-16-25-57(49)64)42-29-44(59(5,6)7)34-45(30-42)60(8,9)10/h12-39H,1-11H3;11-38,64H,1-10H3. The van der Waals surface area contributed by atoms with Crippen LogP contribution in [0.4, 0.5) is 0 Å². The molecule has 6 aromatic heterocycles. The van der Waals surface area contributed by atoms with E-state index in [1.165, 1.54) is 122 Å². The highest BCUT2D eigenvalue weighted by Crippen LogP contribution is 2.48. The Kier molecular flexibility index (Phi) is 23.7. The van der Waals surface area contributed by atoms with Crippen LogP contribution in [-0.4, -0.2) is 41.3 Å². The lowest BCUT2D eigenvalue weighted by atomic mass is 9.79. The number of phenols is 1. The first-order chi connectivity index (χ1) is 61.6. The lowest BCUT2D eigenvalue weighted by molar-refractivity contribution is 0.416. The number of hydrogen-bond donors (Lipinski definition) is 1. The average molecular weight is 1690 g/mol. The molecule has 18 rings (SSSR count). The van der Waals surface area contributed by atoms with Crippen LogP contribution in [-0.2, 0) is 21.7 Å². The van der Waals surface area contributed by atoms with Crippen LogP contribution in [0, 0.1) is 0 Å². The Morgan fingerprint density at radius 1 is 0.264 bits per heavy atom. The van der Waals surface area contributed by atoms with E-state index in [4.69, 9.17) is 24.7 Å². The van der Waals surface area contributed by atoms with Crippen LogP contribution in [0.25, 0.3) is 167 Å². The molecule has 0 atom stereocenters. The largest absolute Gasteiger partial charge is 0.507 e. The predicted molar refractivity (Wildman–Crippen MR) is 546 cm³/mol. The van der Waals surface area contributed by atoms with Gasteiger partial charge in [0, 0.05) is 78.7 Å². The normalized spacial score (nSPS) is 12.2. The average Bonchev–Trinajstić information content (AvgIpc) is 1.61. The maximum atomic E-state index is 11.1. The third kappa shape index (κ3) is 17.6. The summed E-state index contributed by atoms with van der Waals surface area (Å²) < 4.78 is 10.8. The Hall–Kier alpha value is -13.6.